The summed E-state index contributed by atoms with van der Waals surface area (Å²) in [6.45, 7) is 1.36. The van der Waals surface area contributed by atoms with Crippen LogP contribution in [0.3, 0.4) is 0 Å². The number of halogens is 1. The normalized spacial score (nSPS) is 10.5. The summed E-state index contributed by atoms with van der Waals surface area (Å²) in [6, 6.07) is 4.74. The van der Waals surface area contributed by atoms with Gasteiger partial charge in [-0.05, 0) is 30.7 Å². The number of aliphatic hydroxyl groups is 1. The van der Waals surface area contributed by atoms with Gasteiger partial charge in [0.2, 0.25) is 0 Å². The summed E-state index contributed by atoms with van der Waals surface area (Å²) in [5, 5.41) is 11.7. The monoisotopic (exact) mass is 277 g/mol. The van der Waals surface area contributed by atoms with Crippen molar-refractivity contribution in [3.63, 3.8) is 0 Å². The Kier molecular flexibility index (Phi) is 5.40. The van der Waals surface area contributed by atoms with Crippen LogP contribution in [-0.4, -0.2) is 34.8 Å². The highest BCUT2D eigenvalue weighted by molar-refractivity contribution is 5.33. The molecule has 20 heavy (non-hydrogen) atoms. The Labute approximate surface area is 116 Å². The molecule has 0 radical (unpaired) electrons. The molecule has 0 aliphatic heterocycles. The number of aliphatic hydroxyl groups excluding tert-OH is 1. The molecule has 2 N–H and O–H groups in total. The number of ether oxygens (including phenoxy) is 1. The summed E-state index contributed by atoms with van der Waals surface area (Å²) in [5.41, 5.74) is 0.948. The van der Waals surface area contributed by atoms with E-state index >= 15 is 0 Å². The second-order valence-electron chi connectivity index (χ2n) is 4.16. The Bertz CT molecular complexity index is 537. The first-order valence-corrected chi connectivity index (χ1v) is 6.32. The Balaban J connectivity index is 2.01. The lowest BCUT2D eigenvalue weighted by atomic mass is 10.1. The fourth-order valence-corrected chi connectivity index (χ4v) is 1.68. The van der Waals surface area contributed by atoms with Crippen LogP contribution in [0.5, 0.6) is 11.5 Å². The summed E-state index contributed by atoms with van der Waals surface area (Å²) in [4.78, 5) is 7.62. The molecule has 0 amide bonds. The summed E-state index contributed by atoms with van der Waals surface area (Å²) in [6.07, 6.45) is 5.05. The summed E-state index contributed by atoms with van der Waals surface area (Å²) in [5.74, 6) is 0.113. The minimum atomic E-state index is -0.430. The molecule has 0 unspecified atom stereocenters. The Hall–Kier alpha value is -2.05. The van der Waals surface area contributed by atoms with E-state index < -0.39 is 5.82 Å². The molecule has 0 aliphatic carbocycles. The fourth-order valence-electron chi connectivity index (χ4n) is 1.68. The van der Waals surface area contributed by atoms with E-state index in [0.29, 0.717) is 18.8 Å². The van der Waals surface area contributed by atoms with Gasteiger partial charge in [0.05, 0.1) is 19.0 Å². The van der Waals surface area contributed by atoms with Crippen LogP contribution in [0, 0.1) is 5.82 Å². The second-order valence-corrected chi connectivity index (χ2v) is 4.16. The van der Waals surface area contributed by atoms with Crippen molar-refractivity contribution >= 4 is 0 Å². The number of aromatic nitrogens is 2. The standard InChI is InChI=1S/C14H16FN3O2/c15-13-2-1-11(3-4-16-5-6-19)7-14(13)20-12-8-17-10-18-9-12/h1-2,7-10,16,19H,3-6H2. The first-order valence-electron chi connectivity index (χ1n) is 6.32. The predicted octanol–water partition coefficient (Wildman–Crippen LogP) is 1.53. The molecule has 106 valence electrons. The zero-order chi connectivity index (χ0) is 14.2. The van der Waals surface area contributed by atoms with E-state index in [1.807, 2.05) is 0 Å². The molecule has 2 aromatic rings. The van der Waals surface area contributed by atoms with Gasteiger partial charge in [-0.2, -0.15) is 0 Å². The van der Waals surface area contributed by atoms with Gasteiger partial charge in [-0.3, -0.25) is 0 Å². The van der Waals surface area contributed by atoms with Crippen LogP contribution >= 0.6 is 0 Å². The minimum absolute atomic E-state index is 0.103. The van der Waals surface area contributed by atoms with Gasteiger partial charge in [-0.25, -0.2) is 14.4 Å². The maximum atomic E-state index is 13.7. The van der Waals surface area contributed by atoms with Crippen molar-refractivity contribution in [1.82, 2.24) is 15.3 Å². The zero-order valence-electron chi connectivity index (χ0n) is 10.9. The molecule has 0 atom stereocenters. The van der Waals surface area contributed by atoms with Gasteiger partial charge >= 0.3 is 0 Å². The van der Waals surface area contributed by atoms with Crippen LogP contribution in [0.2, 0.25) is 0 Å². The summed E-state index contributed by atoms with van der Waals surface area (Å²) in [7, 11) is 0. The Morgan fingerprint density at radius 3 is 2.75 bits per heavy atom. The highest BCUT2D eigenvalue weighted by Gasteiger charge is 2.06. The van der Waals surface area contributed by atoms with Gasteiger partial charge in [-0.1, -0.05) is 6.07 Å². The lowest BCUT2D eigenvalue weighted by Gasteiger charge is -2.08. The van der Waals surface area contributed by atoms with Gasteiger partial charge in [0.15, 0.2) is 17.3 Å². The van der Waals surface area contributed by atoms with Crippen molar-refractivity contribution in [2.75, 3.05) is 19.7 Å². The zero-order valence-corrected chi connectivity index (χ0v) is 10.9. The molecular weight excluding hydrogens is 261 g/mol. The van der Waals surface area contributed by atoms with Crippen molar-refractivity contribution in [1.29, 1.82) is 0 Å². The molecule has 0 fully saturated rings. The molecule has 1 aromatic heterocycles. The number of hydrogen-bond donors (Lipinski definition) is 2. The van der Waals surface area contributed by atoms with Crippen molar-refractivity contribution in [2.24, 2.45) is 0 Å². The van der Waals surface area contributed by atoms with Crippen LogP contribution in [-0.2, 0) is 6.42 Å². The van der Waals surface area contributed by atoms with Crippen molar-refractivity contribution < 1.29 is 14.2 Å². The number of rotatable bonds is 7. The van der Waals surface area contributed by atoms with Crippen LogP contribution in [0.4, 0.5) is 4.39 Å². The largest absolute Gasteiger partial charge is 0.451 e. The topological polar surface area (TPSA) is 67.3 Å². The molecule has 6 heteroatoms. The predicted molar refractivity (Wildman–Crippen MR) is 72.2 cm³/mol. The van der Waals surface area contributed by atoms with E-state index in [-0.39, 0.29) is 12.4 Å². The molecule has 2 rings (SSSR count). The molecule has 0 aliphatic rings. The lowest BCUT2D eigenvalue weighted by Crippen LogP contribution is -2.20. The van der Waals surface area contributed by atoms with Gasteiger partial charge in [-0.15, -0.1) is 0 Å². The van der Waals surface area contributed by atoms with Gasteiger partial charge in [0, 0.05) is 6.54 Å². The quantitative estimate of drug-likeness (QED) is 0.751. The maximum absolute atomic E-state index is 13.7. The van der Waals surface area contributed by atoms with Crippen molar-refractivity contribution in [2.45, 2.75) is 6.42 Å². The smallest absolute Gasteiger partial charge is 0.165 e. The SMILES string of the molecule is OCCNCCc1ccc(F)c(Oc2cncnc2)c1. The van der Waals surface area contributed by atoms with E-state index in [4.69, 9.17) is 9.84 Å². The van der Waals surface area contributed by atoms with Crippen molar-refractivity contribution in [3.8, 4) is 11.5 Å². The first kappa shape index (κ1) is 14.4. The van der Waals surface area contributed by atoms with Gasteiger partial charge in [0.1, 0.15) is 6.33 Å². The Morgan fingerprint density at radius 2 is 2.00 bits per heavy atom. The average molecular weight is 277 g/mol. The summed E-state index contributed by atoms with van der Waals surface area (Å²) < 4.78 is 19.1. The highest BCUT2D eigenvalue weighted by Crippen LogP contribution is 2.24. The molecule has 5 nitrogen and oxygen atoms in total. The Morgan fingerprint density at radius 1 is 1.20 bits per heavy atom. The van der Waals surface area contributed by atoms with Crippen LogP contribution in [0.15, 0.2) is 36.9 Å². The molecule has 0 saturated heterocycles. The number of hydrogen-bond acceptors (Lipinski definition) is 5. The highest BCUT2D eigenvalue weighted by atomic mass is 19.1. The molecule has 0 saturated carbocycles. The summed E-state index contributed by atoms with van der Waals surface area (Å²) >= 11 is 0. The molecule has 1 aromatic carbocycles. The van der Waals surface area contributed by atoms with E-state index in [1.165, 1.54) is 24.8 Å². The van der Waals surface area contributed by atoms with E-state index in [0.717, 1.165) is 12.0 Å². The third-order valence-electron chi connectivity index (χ3n) is 2.64. The minimum Gasteiger partial charge on any atom is -0.451 e. The molecule has 0 bridgehead atoms. The maximum Gasteiger partial charge on any atom is 0.165 e. The first-order chi connectivity index (χ1) is 9.79. The second kappa shape index (κ2) is 7.52. The third kappa shape index (κ3) is 4.25. The fraction of sp³-hybridized carbons (Fsp3) is 0.286. The van der Waals surface area contributed by atoms with Crippen LogP contribution in [0.1, 0.15) is 5.56 Å². The van der Waals surface area contributed by atoms with Gasteiger partial charge < -0.3 is 15.2 Å². The average Bonchev–Trinajstić information content (AvgIpc) is 2.48. The number of benzene rings is 1. The number of nitrogens with zero attached hydrogens (tertiary/aromatic N) is 2. The molecule has 1 heterocycles. The lowest BCUT2D eigenvalue weighted by molar-refractivity contribution is 0.293. The van der Waals surface area contributed by atoms with E-state index in [2.05, 4.69) is 15.3 Å². The molecular formula is C14H16FN3O2. The number of nitrogens with one attached hydrogen (secondary N) is 1. The van der Waals surface area contributed by atoms with Crippen LogP contribution < -0.4 is 10.1 Å². The van der Waals surface area contributed by atoms with Crippen molar-refractivity contribution in [3.05, 3.63) is 48.3 Å². The van der Waals surface area contributed by atoms with Gasteiger partial charge in [0.25, 0.3) is 0 Å². The third-order valence-corrected chi connectivity index (χ3v) is 2.64. The van der Waals surface area contributed by atoms with Crippen LogP contribution in [0.25, 0.3) is 0 Å². The van der Waals surface area contributed by atoms with E-state index in [1.54, 1.807) is 12.1 Å². The molecule has 0 spiro atoms. The van der Waals surface area contributed by atoms with E-state index in [9.17, 15) is 4.39 Å².